The zero-order valence-corrected chi connectivity index (χ0v) is 12.5. The molecule has 19 heavy (non-hydrogen) atoms. The maximum absolute atomic E-state index is 13.9. The molecule has 0 saturated carbocycles. The Morgan fingerprint density at radius 1 is 1.47 bits per heavy atom. The fraction of sp³-hybridized carbons (Fsp3) is 0.357. The molecule has 1 aromatic carbocycles. The van der Waals surface area contributed by atoms with Crippen molar-refractivity contribution in [3.63, 3.8) is 0 Å². The normalized spacial score (nSPS) is 12.6. The van der Waals surface area contributed by atoms with Crippen LogP contribution >= 0.6 is 22.9 Å². The molecule has 102 valence electrons. The van der Waals surface area contributed by atoms with Crippen molar-refractivity contribution in [2.45, 2.75) is 26.3 Å². The van der Waals surface area contributed by atoms with Crippen LogP contribution in [0.1, 0.15) is 29.1 Å². The fourth-order valence-corrected chi connectivity index (χ4v) is 3.09. The molecule has 1 aromatic heterocycles. The van der Waals surface area contributed by atoms with Crippen molar-refractivity contribution in [2.24, 2.45) is 0 Å². The Morgan fingerprint density at radius 2 is 2.26 bits per heavy atom. The molecule has 2 aromatic rings. The molecule has 1 atom stereocenters. The van der Waals surface area contributed by atoms with E-state index in [0.29, 0.717) is 17.0 Å². The Bertz CT molecular complexity index is 556. The quantitative estimate of drug-likeness (QED) is 0.897. The summed E-state index contributed by atoms with van der Waals surface area (Å²) in [6.45, 7) is 4.85. The number of aromatic nitrogens is 1. The molecular formula is C14H16ClFN2S. The van der Waals surface area contributed by atoms with Crippen LogP contribution in [-0.2, 0) is 6.42 Å². The van der Waals surface area contributed by atoms with Gasteiger partial charge in [-0.05, 0) is 37.6 Å². The zero-order valence-electron chi connectivity index (χ0n) is 10.9. The molecule has 1 N–H and O–H groups in total. The van der Waals surface area contributed by atoms with Gasteiger partial charge in [-0.2, -0.15) is 0 Å². The molecule has 0 radical (unpaired) electrons. The Balaban J connectivity index is 2.24. The Morgan fingerprint density at radius 3 is 2.84 bits per heavy atom. The first kappa shape index (κ1) is 14.4. The fourth-order valence-electron chi connectivity index (χ4n) is 2.06. The Labute approximate surface area is 121 Å². The molecule has 0 amide bonds. The lowest BCUT2D eigenvalue weighted by molar-refractivity contribution is 0.532. The molecule has 0 aliphatic carbocycles. The van der Waals surface area contributed by atoms with Crippen molar-refractivity contribution in [2.75, 3.05) is 6.54 Å². The average Bonchev–Trinajstić information content (AvgIpc) is 2.78. The predicted molar refractivity (Wildman–Crippen MR) is 78.4 cm³/mol. The second-order valence-corrected chi connectivity index (χ2v) is 5.67. The molecule has 0 fully saturated rings. The second kappa shape index (κ2) is 6.46. The highest BCUT2D eigenvalue weighted by Crippen LogP contribution is 2.26. The first-order chi connectivity index (χ1) is 9.11. The van der Waals surface area contributed by atoms with Crippen molar-refractivity contribution in [1.82, 2.24) is 10.3 Å². The summed E-state index contributed by atoms with van der Waals surface area (Å²) in [7, 11) is 0. The van der Waals surface area contributed by atoms with Gasteiger partial charge in [0.25, 0.3) is 0 Å². The molecule has 1 unspecified atom stereocenters. The number of nitrogens with one attached hydrogen (secondary N) is 1. The lowest BCUT2D eigenvalue weighted by Gasteiger charge is -2.17. The van der Waals surface area contributed by atoms with Gasteiger partial charge < -0.3 is 5.32 Å². The standard InChI is InChI=1S/C14H16ClFN2S/c1-3-17-13(14-9(2)18-8-19-14)6-10-4-5-11(15)7-12(10)16/h4-5,7-8,13,17H,3,6H2,1-2H3. The van der Waals surface area contributed by atoms with Gasteiger partial charge in [0.1, 0.15) is 5.82 Å². The molecular weight excluding hydrogens is 283 g/mol. The summed E-state index contributed by atoms with van der Waals surface area (Å²) in [5, 5.41) is 3.81. The third kappa shape index (κ3) is 3.53. The van der Waals surface area contributed by atoms with E-state index in [0.717, 1.165) is 17.1 Å². The summed E-state index contributed by atoms with van der Waals surface area (Å²) < 4.78 is 13.9. The monoisotopic (exact) mass is 298 g/mol. The van der Waals surface area contributed by atoms with Gasteiger partial charge in [-0.25, -0.2) is 9.37 Å². The summed E-state index contributed by atoms with van der Waals surface area (Å²) in [6, 6.07) is 4.92. The third-order valence-corrected chi connectivity index (χ3v) is 4.27. The molecule has 0 saturated heterocycles. The molecule has 0 aliphatic rings. The minimum atomic E-state index is -0.252. The topological polar surface area (TPSA) is 24.9 Å². The van der Waals surface area contributed by atoms with E-state index >= 15 is 0 Å². The van der Waals surface area contributed by atoms with E-state index in [2.05, 4.69) is 10.3 Å². The minimum absolute atomic E-state index is 0.0909. The number of likely N-dealkylation sites (N-methyl/N-ethyl adjacent to an activating group) is 1. The summed E-state index contributed by atoms with van der Waals surface area (Å²) in [5.41, 5.74) is 3.50. The van der Waals surface area contributed by atoms with E-state index in [9.17, 15) is 4.39 Å². The van der Waals surface area contributed by atoms with Crippen LogP contribution in [0.3, 0.4) is 0 Å². The lowest BCUT2D eigenvalue weighted by atomic mass is 10.0. The molecule has 0 spiro atoms. The van der Waals surface area contributed by atoms with E-state index in [1.165, 1.54) is 6.07 Å². The van der Waals surface area contributed by atoms with E-state index in [-0.39, 0.29) is 11.9 Å². The Hall–Kier alpha value is -0.970. The van der Waals surface area contributed by atoms with Crippen LogP contribution in [0.5, 0.6) is 0 Å². The number of hydrogen-bond acceptors (Lipinski definition) is 3. The predicted octanol–water partition coefficient (Wildman–Crippen LogP) is 4.14. The van der Waals surface area contributed by atoms with Gasteiger partial charge in [0.15, 0.2) is 0 Å². The summed E-state index contributed by atoms with van der Waals surface area (Å²) >= 11 is 7.38. The van der Waals surface area contributed by atoms with Crippen molar-refractivity contribution in [1.29, 1.82) is 0 Å². The number of aryl methyl sites for hydroxylation is 1. The molecule has 0 bridgehead atoms. The molecule has 2 rings (SSSR count). The van der Waals surface area contributed by atoms with Gasteiger partial charge in [0.2, 0.25) is 0 Å². The average molecular weight is 299 g/mol. The number of rotatable bonds is 5. The van der Waals surface area contributed by atoms with Crippen LogP contribution in [0.15, 0.2) is 23.7 Å². The first-order valence-electron chi connectivity index (χ1n) is 6.19. The number of thiazole rings is 1. The van der Waals surface area contributed by atoms with Gasteiger partial charge >= 0.3 is 0 Å². The molecule has 2 nitrogen and oxygen atoms in total. The summed E-state index contributed by atoms with van der Waals surface area (Å²) in [5.74, 6) is -0.252. The van der Waals surface area contributed by atoms with E-state index in [1.807, 2.05) is 19.4 Å². The van der Waals surface area contributed by atoms with Crippen LogP contribution in [-0.4, -0.2) is 11.5 Å². The highest BCUT2D eigenvalue weighted by atomic mass is 35.5. The summed E-state index contributed by atoms with van der Waals surface area (Å²) in [6.07, 6.45) is 0.597. The zero-order chi connectivity index (χ0) is 13.8. The number of benzene rings is 1. The van der Waals surface area contributed by atoms with Gasteiger partial charge in [0.05, 0.1) is 11.2 Å². The highest BCUT2D eigenvalue weighted by Gasteiger charge is 2.17. The van der Waals surface area contributed by atoms with Gasteiger partial charge in [-0.3, -0.25) is 0 Å². The molecule has 5 heteroatoms. The largest absolute Gasteiger partial charge is 0.309 e. The van der Waals surface area contributed by atoms with Crippen molar-refractivity contribution in [3.8, 4) is 0 Å². The first-order valence-corrected chi connectivity index (χ1v) is 7.45. The maximum atomic E-state index is 13.9. The third-order valence-electron chi connectivity index (χ3n) is 2.99. The lowest BCUT2D eigenvalue weighted by Crippen LogP contribution is -2.23. The number of halogens is 2. The van der Waals surface area contributed by atoms with Crippen LogP contribution in [0.4, 0.5) is 4.39 Å². The van der Waals surface area contributed by atoms with Crippen LogP contribution in [0.2, 0.25) is 5.02 Å². The van der Waals surface area contributed by atoms with Crippen LogP contribution in [0.25, 0.3) is 0 Å². The maximum Gasteiger partial charge on any atom is 0.127 e. The number of hydrogen-bond donors (Lipinski definition) is 1. The van der Waals surface area contributed by atoms with E-state index < -0.39 is 0 Å². The van der Waals surface area contributed by atoms with Crippen LogP contribution < -0.4 is 5.32 Å². The van der Waals surface area contributed by atoms with Gasteiger partial charge in [0, 0.05) is 15.9 Å². The van der Waals surface area contributed by atoms with Crippen molar-refractivity contribution >= 4 is 22.9 Å². The summed E-state index contributed by atoms with van der Waals surface area (Å²) in [4.78, 5) is 5.42. The molecule has 1 heterocycles. The van der Waals surface area contributed by atoms with Gasteiger partial charge in [-0.15, -0.1) is 11.3 Å². The van der Waals surface area contributed by atoms with E-state index in [4.69, 9.17) is 11.6 Å². The van der Waals surface area contributed by atoms with Crippen LogP contribution in [0, 0.1) is 12.7 Å². The van der Waals surface area contributed by atoms with Gasteiger partial charge in [-0.1, -0.05) is 24.6 Å². The number of nitrogens with zero attached hydrogens (tertiary/aromatic N) is 1. The van der Waals surface area contributed by atoms with Crippen molar-refractivity contribution < 1.29 is 4.39 Å². The SMILES string of the molecule is CCNC(Cc1ccc(Cl)cc1F)c1scnc1C. The smallest absolute Gasteiger partial charge is 0.127 e. The second-order valence-electron chi connectivity index (χ2n) is 4.35. The van der Waals surface area contributed by atoms with Crippen molar-refractivity contribution in [3.05, 3.63) is 50.7 Å². The minimum Gasteiger partial charge on any atom is -0.309 e. The van der Waals surface area contributed by atoms with E-state index in [1.54, 1.807) is 23.5 Å². The Kier molecular flexibility index (Phi) is 4.91. The molecule has 0 aliphatic heterocycles. The highest BCUT2D eigenvalue weighted by molar-refractivity contribution is 7.09.